The van der Waals surface area contributed by atoms with Gasteiger partial charge in [-0.05, 0) is 6.07 Å². The number of benzene rings is 1. The SMILES string of the molecule is O=C(c1coc2ccccc12)N1CCn2cnnc2C1. The lowest BCUT2D eigenvalue weighted by Gasteiger charge is -2.26. The largest absolute Gasteiger partial charge is 0.463 e. The van der Waals surface area contributed by atoms with Gasteiger partial charge in [-0.15, -0.1) is 10.2 Å². The summed E-state index contributed by atoms with van der Waals surface area (Å²) < 4.78 is 7.40. The molecular formula is C14H12N4O2. The molecule has 0 fully saturated rings. The van der Waals surface area contributed by atoms with Gasteiger partial charge in [0.15, 0.2) is 5.82 Å². The number of furan rings is 1. The summed E-state index contributed by atoms with van der Waals surface area (Å²) in [5.74, 6) is 0.793. The van der Waals surface area contributed by atoms with E-state index in [1.165, 1.54) is 6.26 Å². The number of carbonyl (C=O) groups is 1. The van der Waals surface area contributed by atoms with E-state index in [1.807, 2.05) is 28.8 Å². The van der Waals surface area contributed by atoms with Crippen LogP contribution in [-0.4, -0.2) is 32.1 Å². The normalized spacial score (nSPS) is 14.5. The van der Waals surface area contributed by atoms with E-state index in [0.717, 1.165) is 23.3 Å². The van der Waals surface area contributed by atoms with E-state index in [0.29, 0.717) is 18.7 Å². The molecule has 1 amide bonds. The molecule has 3 heterocycles. The van der Waals surface area contributed by atoms with Gasteiger partial charge in [0.2, 0.25) is 0 Å². The van der Waals surface area contributed by atoms with E-state index in [1.54, 1.807) is 11.2 Å². The fourth-order valence-electron chi connectivity index (χ4n) is 2.55. The van der Waals surface area contributed by atoms with E-state index in [-0.39, 0.29) is 5.91 Å². The first kappa shape index (κ1) is 11.2. The Bertz CT molecular complexity index is 789. The molecule has 0 spiro atoms. The van der Waals surface area contributed by atoms with E-state index in [2.05, 4.69) is 10.2 Å². The maximum atomic E-state index is 12.6. The highest BCUT2D eigenvalue weighted by molar-refractivity contribution is 6.05. The van der Waals surface area contributed by atoms with Gasteiger partial charge in [-0.1, -0.05) is 18.2 Å². The lowest BCUT2D eigenvalue weighted by Crippen LogP contribution is -2.38. The number of hydrogen-bond donors (Lipinski definition) is 0. The van der Waals surface area contributed by atoms with Crippen molar-refractivity contribution in [1.29, 1.82) is 0 Å². The zero-order valence-corrected chi connectivity index (χ0v) is 10.7. The smallest absolute Gasteiger partial charge is 0.258 e. The second-order valence-corrected chi connectivity index (χ2v) is 4.81. The van der Waals surface area contributed by atoms with E-state index in [4.69, 9.17) is 4.42 Å². The predicted octanol–water partition coefficient (Wildman–Crippen LogP) is 1.68. The van der Waals surface area contributed by atoms with Crippen molar-refractivity contribution >= 4 is 16.9 Å². The van der Waals surface area contributed by atoms with Gasteiger partial charge in [-0.3, -0.25) is 4.79 Å². The molecule has 1 aromatic carbocycles. The Labute approximate surface area is 114 Å². The number of nitrogens with zero attached hydrogens (tertiary/aromatic N) is 4. The molecule has 1 aliphatic rings. The maximum Gasteiger partial charge on any atom is 0.258 e. The molecule has 6 nitrogen and oxygen atoms in total. The summed E-state index contributed by atoms with van der Waals surface area (Å²) in [7, 11) is 0. The van der Waals surface area contributed by atoms with Gasteiger partial charge in [0.1, 0.15) is 18.2 Å². The molecule has 0 aliphatic carbocycles. The van der Waals surface area contributed by atoms with Crippen LogP contribution in [0, 0.1) is 0 Å². The number of para-hydroxylation sites is 1. The highest BCUT2D eigenvalue weighted by atomic mass is 16.3. The van der Waals surface area contributed by atoms with Crippen LogP contribution in [-0.2, 0) is 13.1 Å². The molecule has 1 aliphatic heterocycles. The van der Waals surface area contributed by atoms with E-state index >= 15 is 0 Å². The van der Waals surface area contributed by atoms with Crippen molar-refractivity contribution < 1.29 is 9.21 Å². The van der Waals surface area contributed by atoms with Gasteiger partial charge >= 0.3 is 0 Å². The quantitative estimate of drug-likeness (QED) is 0.673. The summed E-state index contributed by atoms with van der Waals surface area (Å²) in [4.78, 5) is 14.4. The Kier molecular flexibility index (Phi) is 2.35. The van der Waals surface area contributed by atoms with Crippen molar-refractivity contribution in [2.75, 3.05) is 6.54 Å². The van der Waals surface area contributed by atoms with Gasteiger partial charge in [-0.2, -0.15) is 0 Å². The summed E-state index contributed by atoms with van der Waals surface area (Å²) in [5, 5.41) is 8.75. The molecule has 0 unspecified atom stereocenters. The summed E-state index contributed by atoms with van der Waals surface area (Å²) >= 11 is 0. The third-order valence-corrected chi connectivity index (χ3v) is 3.64. The molecule has 0 radical (unpaired) electrons. The van der Waals surface area contributed by atoms with E-state index < -0.39 is 0 Å². The molecule has 0 bridgehead atoms. The van der Waals surface area contributed by atoms with Crippen molar-refractivity contribution in [1.82, 2.24) is 19.7 Å². The Hall–Kier alpha value is -2.63. The molecular weight excluding hydrogens is 256 g/mol. The van der Waals surface area contributed by atoms with Gasteiger partial charge in [0.25, 0.3) is 5.91 Å². The average Bonchev–Trinajstić information content (AvgIpc) is 3.12. The molecule has 2 aromatic heterocycles. The molecule has 100 valence electrons. The molecule has 20 heavy (non-hydrogen) atoms. The van der Waals surface area contributed by atoms with Crippen LogP contribution in [0.3, 0.4) is 0 Å². The van der Waals surface area contributed by atoms with Crippen molar-refractivity contribution in [3.63, 3.8) is 0 Å². The average molecular weight is 268 g/mol. The summed E-state index contributed by atoms with van der Waals surface area (Å²) in [6.45, 7) is 1.87. The van der Waals surface area contributed by atoms with Crippen LogP contribution in [0.4, 0.5) is 0 Å². The summed E-state index contributed by atoms with van der Waals surface area (Å²) in [5.41, 5.74) is 1.34. The molecule has 0 N–H and O–H groups in total. The Balaban J connectivity index is 1.68. The number of fused-ring (bicyclic) bond motifs is 2. The van der Waals surface area contributed by atoms with Crippen molar-refractivity contribution in [3.8, 4) is 0 Å². The highest BCUT2D eigenvalue weighted by Crippen LogP contribution is 2.23. The van der Waals surface area contributed by atoms with Gasteiger partial charge in [0, 0.05) is 18.5 Å². The topological polar surface area (TPSA) is 64.2 Å². The lowest BCUT2D eigenvalue weighted by molar-refractivity contribution is 0.0708. The number of amides is 1. The van der Waals surface area contributed by atoms with Crippen LogP contribution >= 0.6 is 0 Å². The second kappa shape index (κ2) is 4.19. The zero-order chi connectivity index (χ0) is 13.5. The minimum absolute atomic E-state index is 0.0239. The lowest BCUT2D eigenvalue weighted by atomic mass is 10.1. The maximum absolute atomic E-state index is 12.6. The number of hydrogen-bond acceptors (Lipinski definition) is 4. The van der Waals surface area contributed by atoms with Crippen LogP contribution in [0.1, 0.15) is 16.2 Å². The van der Waals surface area contributed by atoms with Crippen LogP contribution in [0.5, 0.6) is 0 Å². The molecule has 4 rings (SSSR count). The number of aromatic nitrogens is 3. The molecule has 3 aromatic rings. The number of carbonyl (C=O) groups excluding carboxylic acids is 1. The van der Waals surface area contributed by atoms with Crippen molar-refractivity contribution in [3.05, 3.63) is 48.2 Å². The van der Waals surface area contributed by atoms with Crippen LogP contribution < -0.4 is 0 Å². The van der Waals surface area contributed by atoms with Gasteiger partial charge in [0.05, 0.1) is 12.1 Å². The molecule has 6 heteroatoms. The van der Waals surface area contributed by atoms with Gasteiger partial charge in [-0.25, -0.2) is 0 Å². The Morgan fingerprint density at radius 1 is 1.25 bits per heavy atom. The first-order valence-corrected chi connectivity index (χ1v) is 6.45. The number of rotatable bonds is 1. The summed E-state index contributed by atoms with van der Waals surface area (Å²) in [6, 6.07) is 7.56. The fourth-order valence-corrected chi connectivity index (χ4v) is 2.55. The Morgan fingerprint density at radius 2 is 2.15 bits per heavy atom. The predicted molar refractivity (Wildman–Crippen MR) is 71.0 cm³/mol. The second-order valence-electron chi connectivity index (χ2n) is 4.81. The van der Waals surface area contributed by atoms with Crippen molar-refractivity contribution in [2.24, 2.45) is 0 Å². The first-order chi connectivity index (χ1) is 9.83. The van der Waals surface area contributed by atoms with Gasteiger partial charge < -0.3 is 13.9 Å². The molecule has 0 atom stereocenters. The minimum Gasteiger partial charge on any atom is -0.463 e. The van der Waals surface area contributed by atoms with Crippen molar-refractivity contribution in [2.45, 2.75) is 13.1 Å². The summed E-state index contributed by atoms with van der Waals surface area (Å²) in [6.07, 6.45) is 3.23. The third kappa shape index (κ3) is 1.61. The highest BCUT2D eigenvalue weighted by Gasteiger charge is 2.25. The minimum atomic E-state index is -0.0239. The van der Waals surface area contributed by atoms with E-state index in [9.17, 15) is 4.79 Å². The van der Waals surface area contributed by atoms with Crippen LogP contribution in [0.2, 0.25) is 0 Å². The molecule has 0 saturated heterocycles. The monoisotopic (exact) mass is 268 g/mol. The Morgan fingerprint density at radius 3 is 3.10 bits per heavy atom. The third-order valence-electron chi connectivity index (χ3n) is 3.64. The zero-order valence-electron chi connectivity index (χ0n) is 10.7. The van der Waals surface area contributed by atoms with Crippen LogP contribution in [0.25, 0.3) is 11.0 Å². The first-order valence-electron chi connectivity index (χ1n) is 6.45. The standard InChI is InChI=1S/C14H12N4O2/c19-14(11-8-20-12-4-2-1-3-10(11)12)17-5-6-18-9-15-16-13(18)7-17/h1-4,8-9H,5-7H2. The fraction of sp³-hybridized carbons (Fsp3) is 0.214. The van der Waals surface area contributed by atoms with Crippen LogP contribution in [0.15, 0.2) is 41.3 Å². The molecule has 0 saturated carbocycles.